The monoisotopic (exact) mass is 396 g/mol. The van der Waals surface area contributed by atoms with Crippen LogP contribution in [0.25, 0.3) is 0 Å². The van der Waals surface area contributed by atoms with Crippen molar-refractivity contribution >= 4 is 22.3 Å². The maximum atomic E-state index is 13.1. The van der Waals surface area contributed by atoms with Crippen molar-refractivity contribution in [1.82, 2.24) is 15.7 Å². The van der Waals surface area contributed by atoms with Gasteiger partial charge in [-0.25, -0.2) is 0 Å². The van der Waals surface area contributed by atoms with Crippen LogP contribution in [-0.2, 0) is 6.18 Å². The van der Waals surface area contributed by atoms with Crippen molar-refractivity contribution in [3.63, 3.8) is 0 Å². The molecular formula is C15H13F3N7OS. The first kappa shape index (κ1) is 17.6. The predicted molar refractivity (Wildman–Crippen MR) is 90.7 cm³/mol. The minimum atomic E-state index is -4.44. The topological polar surface area (TPSA) is 89.4 Å². The molecule has 0 amide bonds. The standard InChI is InChI=1S/C15H13F3N7OS/c16-15(17,18)10-3-1-2-4-11(10)26-9-5-7-25(8-6-9)14-22-21-13(27-14)12-19-23-24-20-12/h1-4,9H,5-8H2. The Labute approximate surface area is 155 Å². The van der Waals surface area contributed by atoms with Crippen LogP contribution in [0.15, 0.2) is 39.7 Å². The average molecular weight is 396 g/mol. The lowest BCUT2D eigenvalue weighted by molar-refractivity contribution is -0.139. The highest BCUT2D eigenvalue weighted by molar-refractivity contribution is 7.17. The van der Waals surface area contributed by atoms with Crippen LogP contribution in [0.2, 0.25) is 0 Å². The lowest BCUT2D eigenvalue weighted by atomic mass is 10.1. The first-order valence-electron chi connectivity index (χ1n) is 8.11. The fraction of sp³-hybridized carbons (Fsp3) is 0.400. The molecule has 0 aliphatic carbocycles. The van der Waals surface area contributed by atoms with Gasteiger partial charge in [0.15, 0.2) is 5.01 Å². The maximum absolute atomic E-state index is 13.1. The Bertz CT molecular complexity index is 874. The number of anilines is 1. The van der Waals surface area contributed by atoms with E-state index in [0.717, 1.165) is 6.07 Å². The molecule has 12 heteroatoms. The van der Waals surface area contributed by atoms with Gasteiger partial charge in [-0.3, -0.25) is 0 Å². The zero-order chi connectivity index (χ0) is 18.9. The van der Waals surface area contributed by atoms with Crippen molar-refractivity contribution in [2.75, 3.05) is 18.0 Å². The van der Waals surface area contributed by atoms with E-state index in [1.807, 2.05) is 4.90 Å². The van der Waals surface area contributed by atoms with E-state index in [9.17, 15) is 13.2 Å². The molecule has 27 heavy (non-hydrogen) atoms. The van der Waals surface area contributed by atoms with Crippen molar-refractivity contribution in [1.29, 1.82) is 0 Å². The quantitative estimate of drug-likeness (QED) is 0.793. The van der Waals surface area contributed by atoms with Crippen LogP contribution < -0.4 is 15.2 Å². The molecular weight excluding hydrogens is 383 g/mol. The second-order valence-corrected chi connectivity index (χ2v) is 6.85. The summed E-state index contributed by atoms with van der Waals surface area (Å²) >= 11 is 1.32. The van der Waals surface area contributed by atoms with Gasteiger partial charge in [0.05, 0.1) is 5.56 Å². The number of para-hydroxylation sites is 1. The number of benzene rings is 1. The zero-order valence-electron chi connectivity index (χ0n) is 13.8. The number of halogens is 3. The Morgan fingerprint density at radius 3 is 2.59 bits per heavy atom. The maximum Gasteiger partial charge on any atom is 0.419 e. The molecule has 0 atom stereocenters. The summed E-state index contributed by atoms with van der Waals surface area (Å²) in [5.74, 6) is 0.190. The Morgan fingerprint density at radius 1 is 1.11 bits per heavy atom. The van der Waals surface area contributed by atoms with Gasteiger partial charge < -0.3 is 9.64 Å². The van der Waals surface area contributed by atoms with E-state index in [-0.39, 0.29) is 11.9 Å². The van der Waals surface area contributed by atoms with E-state index in [0.29, 0.717) is 41.9 Å². The summed E-state index contributed by atoms with van der Waals surface area (Å²) in [7, 11) is 0. The number of alkyl halides is 3. The summed E-state index contributed by atoms with van der Waals surface area (Å²) in [5, 5.41) is 20.3. The predicted octanol–water partition coefficient (Wildman–Crippen LogP) is 3.25. The van der Waals surface area contributed by atoms with E-state index in [1.54, 1.807) is 0 Å². The van der Waals surface area contributed by atoms with Crippen LogP contribution in [0, 0.1) is 0 Å². The van der Waals surface area contributed by atoms with Crippen molar-refractivity contribution in [3.8, 4) is 5.75 Å². The summed E-state index contributed by atoms with van der Waals surface area (Å²) in [5.41, 5.74) is 2.66. The number of piperidine rings is 1. The van der Waals surface area contributed by atoms with Crippen LogP contribution in [0.5, 0.6) is 5.75 Å². The van der Waals surface area contributed by atoms with Gasteiger partial charge in [-0.2, -0.15) is 13.2 Å². The molecule has 0 unspecified atom stereocenters. The molecule has 1 fully saturated rings. The SMILES string of the molecule is FC(F)(F)c1ccccc1OC1CCN(c2nnc(C3=N[N]N=N3)s2)CC1. The molecule has 8 nitrogen and oxygen atoms in total. The van der Waals surface area contributed by atoms with Gasteiger partial charge >= 0.3 is 6.18 Å². The lowest BCUT2D eigenvalue weighted by Crippen LogP contribution is -2.38. The number of nitrogens with zero attached hydrogens (tertiary/aromatic N) is 7. The van der Waals surface area contributed by atoms with Crippen LogP contribution in [-0.4, -0.2) is 35.2 Å². The molecule has 1 saturated heterocycles. The van der Waals surface area contributed by atoms with Crippen LogP contribution in [0.4, 0.5) is 18.3 Å². The van der Waals surface area contributed by atoms with Crippen molar-refractivity contribution in [3.05, 3.63) is 34.8 Å². The third kappa shape index (κ3) is 3.84. The molecule has 0 bridgehead atoms. The minimum Gasteiger partial charge on any atom is -0.490 e. The minimum absolute atomic E-state index is 0.130. The van der Waals surface area contributed by atoms with Crippen molar-refractivity contribution in [2.24, 2.45) is 15.4 Å². The molecule has 2 aromatic rings. The Balaban J connectivity index is 1.38. The number of amidine groups is 1. The lowest BCUT2D eigenvalue weighted by Gasteiger charge is -2.32. The van der Waals surface area contributed by atoms with E-state index >= 15 is 0 Å². The first-order chi connectivity index (χ1) is 13.0. The molecule has 2 aliphatic heterocycles. The Kier molecular flexibility index (Phi) is 4.64. The molecule has 0 spiro atoms. The summed E-state index contributed by atoms with van der Waals surface area (Å²) in [6, 6.07) is 5.28. The molecule has 1 aromatic heterocycles. The van der Waals surface area contributed by atoms with Gasteiger partial charge in [0.1, 0.15) is 11.9 Å². The molecule has 0 N–H and O–H groups in total. The van der Waals surface area contributed by atoms with E-state index in [4.69, 9.17) is 4.74 Å². The van der Waals surface area contributed by atoms with Gasteiger partial charge in [0.25, 0.3) is 0 Å². The highest BCUT2D eigenvalue weighted by Crippen LogP contribution is 2.37. The highest BCUT2D eigenvalue weighted by atomic mass is 32.1. The van der Waals surface area contributed by atoms with Crippen LogP contribution in [0.1, 0.15) is 23.4 Å². The number of hydrogen-bond acceptors (Lipinski definition) is 8. The van der Waals surface area contributed by atoms with Gasteiger partial charge in [-0.15, -0.1) is 20.4 Å². The number of aromatic nitrogens is 2. The highest BCUT2D eigenvalue weighted by Gasteiger charge is 2.35. The van der Waals surface area contributed by atoms with E-state index < -0.39 is 11.7 Å². The summed E-state index contributed by atoms with van der Waals surface area (Å²) in [6.45, 7) is 1.21. The molecule has 1 radical (unpaired) electrons. The molecule has 4 rings (SSSR count). The molecule has 1 aromatic carbocycles. The normalized spacial score (nSPS) is 17.7. The average Bonchev–Trinajstić information content (AvgIpc) is 3.34. The molecule has 141 valence electrons. The summed E-state index contributed by atoms with van der Waals surface area (Å²) in [4.78, 5) is 2.01. The fourth-order valence-electron chi connectivity index (χ4n) is 2.81. The van der Waals surface area contributed by atoms with E-state index in [2.05, 4.69) is 31.2 Å². The molecule has 2 aliphatic rings. The van der Waals surface area contributed by atoms with Gasteiger partial charge in [-0.05, 0) is 22.9 Å². The van der Waals surface area contributed by atoms with Gasteiger partial charge in [0, 0.05) is 25.9 Å². The summed E-state index contributed by atoms with van der Waals surface area (Å²) < 4.78 is 44.9. The second-order valence-electron chi connectivity index (χ2n) is 5.89. The Morgan fingerprint density at radius 2 is 1.89 bits per heavy atom. The zero-order valence-corrected chi connectivity index (χ0v) is 14.6. The third-order valence-corrected chi connectivity index (χ3v) is 5.10. The van der Waals surface area contributed by atoms with Crippen molar-refractivity contribution < 1.29 is 17.9 Å². The van der Waals surface area contributed by atoms with Gasteiger partial charge in [0.2, 0.25) is 11.0 Å². The van der Waals surface area contributed by atoms with Crippen molar-refractivity contribution in [2.45, 2.75) is 25.1 Å². The largest absolute Gasteiger partial charge is 0.490 e. The second kappa shape index (κ2) is 7.10. The van der Waals surface area contributed by atoms with Crippen LogP contribution >= 0.6 is 11.3 Å². The fourth-order valence-corrected chi connectivity index (χ4v) is 3.63. The number of rotatable bonds is 4. The van der Waals surface area contributed by atoms with Crippen LogP contribution in [0.3, 0.4) is 0 Å². The Hall–Kier alpha value is -2.76. The molecule has 0 saturated carbocycles. The smallest absolute Gasteiger partial charge is 0.419 e. The number of ether oxygens (including phenoxy) is 1. The van der Waals surface area contributed by atoms with Gasteiger partial charge in [-0.1, -0.05) is 23.5 Å². The molecule has 3 heterocycles. The third-order valence-electron chi connectivity index (χ3n) is 4.12. The van der Waals surface area contributed by atoms with E-state index in [1.165, 1.54) is 29.5 Å². The first-order valence-corrected chi connectivity index (χ1v) is 8.93. The number of hydrogen-bond donors (Lipinski definition) is 0. The summed E-state index contributed by atoms with van der Waals surface area (Å²) in [6.07, 6.45) is -3.56.